The first-order valence-corrected chi connectivity index (χ1v) is 5.70. The van der Waals surface area contributed by atoms with Crippen LogP contribution >= 0.6 is 0 Å². The Hall–Kier alpha value is -0.340. The first kappa shape index (κ1) is 11.7. The van der Waals surface area contributed by atoms with E-state index in [0.717, 1.165) is 26.2 Å². The van der Waals surface area contributed by atoms with E-state index in [1.807, 2.05) is 0 Å². The van der Waals surface area contributed by atoms with Crippen molar-refractivity contribution in [3.05, 3.63) is 11.6 Å². The molecule has 1 saturated heterocycles. The Kier molecular flexibility index (Phi) is 5.20. The van der Waals surface area contributed by atoms with Crippen molar-refractivity contribution in [2.75, 3.05) is 19.8 Å². The first-order valence-electron chi connectivity index (χ1n) is 5.70. The molecule has 0 spiro atoms. The molecular weight excluding hydrogens is 174 g/mol. The lowest BCUT2D eigenvalue weighted by Gasteiger charge is -2.24. The maximum absolute atomic E-state index is 5.42. The Labute approximate surface area is 87.7 Å². The summed E-state index contributed by atoms with van der Waals surface area (Å²) in [4.78, 5) is 0. The molecule has 1 heterocycles. The largest absolute Gasteiger partial charge is 0.379 e. The van der Waals surface area contributed by atoms with Crippen molar-refractivity contribution in [3.8, 4) is 0 Å². The average Bonchev–Trinajstić information content (AvgIpc) is 2.19. The van der Waals surface area contributed by atoms with Crippen molar-refractivity contribution in [2.24, 2.45) is 5.92 Å². The molecule has 1 rings (SSSR count). The summed E-state index contributed by atoms with van der Waals surface area (Å²) < 4.78 is 5.42. The molecule has 2 unspecified atom stereocenters. The predicted octanol–water partition coefficient (Wildman–Crippen LogP) is 2.36. The second kappa shape index (κ2) is 6.20. The minimum Gasteiger partial charge on any atom is -0.379 e. The fourth-order valence-electron chi connectivity index (χ4n) is 1.81. The highest BCUT2D eigenvalue weighted by atomic mass is 16.5. The van der Waals surface area contributed by atoms with Crippen molar-refractivity contribution >= 4 is 0 Å². The van der Waals surface area contributed by atoms with E-state index in [-0.39, 0.29) is 0 Å². The fourth-order valence-corrected chi connectivity index (χ4v) is 1.81. The van der Waals surface area contributed by atoms with Gasteiger partial charge in [0.05, 0.1) is 13.2 Å². The number of ether oxygens (including phenoxy) is 1. The van der Waals surface area contributed by atoms with Crippen molar-refractivity contribution in [2.45, 2.75) is 39.7 Å². The van der Waals surface area contributed by atoms with Gasteiger partial charge in [-0.1, -0.05) is 31.9 Å². The molecule has 1 N–H and O–H groups in total. The molecular formula is C12H23NO. The summed E-state index contributed by atoms with van der Waals surface area (Å²) in [7, 11) is 0. The third kappa shape index (κ3) is 4.25. The van der Waals surface area contributed by atoms with Crippen molar-refractivity contribution < 1.29 is 4.74 Å². The molecule has 2 nitrogen and oxygen atoms in total. The predicted molar refractivity (Wildman–Crippen MR) is 60.4 cm³/mol. The summed E-state index contributed by atoms with van der Waals surface area (Å²) >= 11 is 0. The maximum Gasteiger partial charge on any atom is 0.0623 e. The van der Waals surface area contributed by atoms with Crippen LogP contribution in [0, 0.1) is 5.92 Å². The van der Waals surface area contributed by atoms with E-state index in [4.69, 9.17) is 4.74 Å². The van der Waals surface area contributed by atoms with Crippen LogP contribution in [0.3, 0.4) is 0 Å². The molecule has 0 aromatic carbocycles. The second-order valence-corrected chi connectivity index (χ2v) is 4.33. The van der Waals surface area contributed by atoms with Crippen LogP contribution in [-0.2, 0) is 4.74 Å². The normalized spacial score (nSPS) is 26.2. The van der Waals surface area contributed by atoms with Crippen molar-refractivity contribution in [1.29, 1.82) is 0 Å². The van der Waals surface area contributed by atoms with E-state index in [1.165, 1.54) is 12.0 Å². The molecule has 1 fully saturated rings. The molecule has 0 amide bonds. The average molecular weight is 197 g/mol. The number of morpholine rings is 1. The van der Waals surface area contributed by atoms with Gasteiger partial charge in [0.1, 0.15) is 0 Å². The molecule has 2 heteroatoms. The van der Waals surface area contributed by atoms with Gasteiger partial charge in [0.2, 0.25) is 0 Å². The zero-order valence-electron chi connectivity index (χ0n) is 9.68. The molecule has 2 atom stereocenters. The van der Waals surface area contributed by atoms with Crippen LogP contribution in [0.25, 0.3) is 0 Å². The summed E-state index contributed by atoms with van der Waals surface area (Å²) in [6.45, 7) is 9.46. The molecule has 0 radical (unpaired) electrons. The van der Waals surface area contributed by atoms with Gasteiger partial charge in [-0.05, 0) is 19.3 Å². The molecule has 0 saturated carbocycles. The lowest BCUT2D eigenvalue weighted by atomic mass is 10.0. The molecule has 0 aromatic rings. The molecule has 0 bridgehead atoms. The highest BCUT2D eigenvalue weighted by molar-refractivity contribution is 5.03. The highest BCUT2D eigenvalue weighted by Gasteiger charge is 2.12. The molecule has 0 aliphatic carbocycles. The van der Waals surface area contributed by atoms with Crippen LogP contribution in [0.2, 0.25) is 0 Å². The minimum atomic E-state index is 0.532. The van der Waals surface area contributed by atoms with Gasteiger partial charge in [0, 0.05) is 12.6 Å². The highest BCUT2D eigenvalue weighted by Crippen LogP contribution is 2.12. The summed E-state index contributed by atoms with van der Waals surface area (Å²) in [5, 5.41) is 3.48. The number of hydrogen-bond acceptors (Lipinski definition) is 2. The van der Waals surface area contributed by atoms with Gasteiger partial charge >= 0.3 is 0 Å². The van der Waals surface area contributed by atoms with E-state index in [9.17, 15) is 0 Å². The summed E-state index contributed by atoms with van der Waals surface area (Å²) in [5.41, 5.74) is 1.49. The summed E-state index contributed by atoms with van der Waals surface area (Å²) in [5.74, 6) is 0.708. The van der Waals surface area contributed by atoms with Crippen molar-refractivity contribution in [3.63, 3.8) is 0 Å². The Balaban J connectivity index is 2.30. The van der Waals surface area contributed by atoms with Gasteiger partial charge in [-0.2, -0.15) is 0 Å². The van der Waals surface area contributed by atoms with Crippen LogP contribution in [-0.4, -0.2) is 25.8 Å². The van der Waals surface area contributed by atoms with Gasteiger partial charge in [-0.25, -0.2) is 0 Å². The van der Waals surface area contributed by atoms with Crippen LogP contribution in [0.1, 0.15) is 33.6 Å². The Morgan fingerprint density at radius 3 is 3.00 bits per heavy atom. The van der Waals surface area contributed by atoms with Crippen LogP contribution in [0.15, 0.2) is 11.6 Å². The zero-order chi connectivity index (χ0) is 10.4. The van der Waals surface area contributed by atoms with Gasteiger partial charge in [-0.15, -0.1) is 0 Å². The number of hydrogen-bond donors (Lipinski definition) is 1. The van der Waals surface area contributed by atoms with Gasteiger partial charge in [-0.3, -0.25) is 0 Å². The monoisotopic (exact) mass is 197 g/mol. The third-order valence-electron chi connectivity index (χ3n) is 2.78. The van der Waals surface area contributed by atoms with E-state index in [0.29, 0.717) is 12.0 Å². The molecule has 0 aromatic heterocycles. The van der Waals surface area contributed by atoms with E-state index in [2.05, 4.69) is 32.2 Å². The maximum atomic E-state index is 5.42. The Morgan fingerprint density at radius 2 is 2.43 bits per heavy atom. The molecule has 14 heavy (non-hydrogen) atoms. The molecule has 82 valence electrons. The van der Waals surface area contributed by atoms with Crippen LogP contribution in [0.5, 0.6) is 0 Å². The molecule has 1 aliphatic heterocycles. The Morgan fingerprint density at radius 1 is 1.64 bits per heavy atom. The lowest BCUT2D eigenvalue weighted by molar-refractivity contribution is 0.0769. The van der Waals surface area contributed by atoms with E-state index in [1.54, 1.807) is 0 Å². The number of rotatable bonds is 4. The zero-order valence-corrected chi connectivity index (χ0v) is 9.68. The summed E-state index contributed by atoms with van der Waals surface area (Å²) in [6, 6.07) is 0.532. The van der Waals surface area contributed by atoms with Crippen LogP contribution < -0.4 is 5.32 Å². The standard InChI is InChI=1S/C12H23NO/c1-4-10(2)7-11(3)8-12-9-14-6-5-13-12/h7,10,12-13H,4-6,8-9H2,1-3H3/b11-7-. The minimum absolute atomic E-state index is 0.532. The smallest absolute Gasteiger partial charge is 0.0623 e. The lowest BCUT2D eigenvalue weighted by Crippen LogP contribution is -2.41. The van der Waals surface area contributed by atoms with Gasteiger partial charge < -0.3 is 10.1 Å². The van der Waals surface area contributed by atoms with Gasteiger partial charge in [0.25, 0.3) is 0 Å². The fraction of sp³-hybridized carbons (Fsp3) is 0.833. The first-order chi connectivity index (χ1) is 6.72. The third-order valence-corrected chi connectivity index (χ3v) is 2.78. The second-order valence-electron chi connectivity index (χ2n) is 4.33. The quantitative estimate of drug-likeness (QED) is 0.699. The van der Waals surface area contributed by atoms with E-state index >= 15 is 0 Å². The number of allylic oxidation sites excluding steroid dienone is 1. The topological polar surface area (TPSA) is 21.3 Å². The van der Waals surface area contributed by atoms with Gasteiger partial charge in [0.15, 0.2) is 0 Å². The number of nitrogens with one attached hydrogen (secondary N) is 1. The Bertz CT molecular complexity index is 183. The van der Waals surface area contributed by atoms with E-state index < -0.39 is 0 Å². The summed E-state index contributed by atoms with van der Waals surface area (Å²) in [6.07, 6.45) is 4.74. The van der Waals surface area contributed by atoms with Crippen LogP contribution in [0.4, 0.5) is 0 Å². The SMILES string of the molecule is CCC(C)/C=C(/C)CC1COCCN1. The van der Waals surface area contributed by atoms with Crippen molar-refractivity contribution in [1.82, 2.24) is 5.32 Å². The molecule has 1 aliphatic rings.